The second kappa shape index (κ2) is 8.43. The fourth-order valence-electron chi connectivity index (χ4n) is 4.40. The Hall–Kier alpha value is -2.32. The third-order valence-electron chi connectivity index (χ3n) is 5.92. The van der Waals surface area contributed by atoms with Gasteiger partial charge in [-0.25, -0.2) is 9.79 Å². The quantitative estimate of drug-likeness (QED) is 0.783. The molecule has 9 heteroatoms. The lowest BCUT2D eigenvalue weighted by Crippen LogP contribution is -2.64. The van der Waals surface area contributed by atoms with Gasteiger partial charge in [-0.3, -0.25) is 15.0 Å². The number of aliphatic imine (C=N–C) groups is 1. The van der Waals surface area contributed by atoms with Crippen LogP contribution in [0.4, 0.5) is 4.79 Å². The number of nitrogens with one attached hydrogen (secondary N) is 1. The van der Waals surface area contributed by atoms with Gasteiger partial charge in [0.25, 0.3) is 5.91 Å². The number of hydrogen-bond acceptors (Lipinski definition) is 6. The molecule has 3 heterocycles. The lowest BCUT2D eigenvalue weighted by Gasteiger charge is -2.40. The van der Waals surface area contributed by atoms with Crippen LogP contribution in [0.2, 0.25) is 5.02 Å². The van der Waals surface area contributed by atoms with Gasteiger partial charge in [-0.15, -0.1) is 0 Å². The molecule has 30 heavy (non-hydrogen) atoms. The Balaban J connectivity index is 1.60. The summed E-state index contributed by atoms with van der Waals surface area (Å²) in [5, 5.41) is 3.11. The Morgan fingerprint density at radius 1 is 1.17 bits per heavy atom. The number of amides is 3. The SMILES string of the molecule is CC(C)CN1CCN(C2=NC3C(C(=O)NC(=O)N3C)N2Cc2ccccc2Cl)CC1. The van der Waals surface area contributed by atoms with Gasteiger partial charge in [0.05, 0.1) is 0 Å². The average Bonchev–Trinajstić information content (AvgIpc) is 3.08. The van der Waals surface area contributed by atoms with Crippen LogP contribution in [-0.2, 0) is 11.3 Å². The third kappa shape index (κ3) is 3.98. The summed E-state index contributed by atoms with van der Waals surface area (Å²) in [5.41, 5.74) is 0.929. The number of halogens is 1. The number of nitrogens with zero attached hydrogens (tertiary/aromatic N) is 5. The van der Waals surface area contributed by atoms with Crippen LogP contribution in [0, 0.1) is 5.92 Å². The maximum absolute atomic E-state index is 12.8. The molecule has 2 atom stereocenters. The molecule has 0 radical (unpaired) electrons. The number of urea groups is 1. The van der Waals surface area contributed by atoms with E-state index in [-0.39, 0.29) is 5.91 Å². The molecular formula is C21H29ClN6O2. The number of carbonyl (C=O) groups excluding carboxylic acids is 2. The van der Waals surface area contributed by atoms with Crippen LogP contribution in [0.25, 0.3) is 0 Å². The molecule has 3 aliphatic heterocycles. The first kappa shape index (κ1) is 20.9. The number of hydrogen-bond donors (Lipinski definition) is 1. The molecule has 2 unspecified atom stereocenters. The Bertz CT molecular complexity index is 852. The molecule has 3 aliphatic rings. The highest BCUT2D eigenvalue weighted by atomic mass is 35.5. The van der Waals surface area contributed by atoms with E-state index in [0.717, 1.165) is 44.2 Å². The number of benzene rings is 1. The van der Waals surface area contributed by atoms with Gasteiger partial charge in [-0.1, -0.05) is 43.6 Å². The molecule has 1 N–H and O–H groups in total. The topological polar surface area (TPSA) is 71.5 Å². The Morgan fingerprint density at radius 2 is 1.87 bits per heavy atom. The molecule has 0 aliphatic carbocycles. The Labute approximate surface area is 182 Å². The zero-order valence-electron chi connectivity index (χ0n) is 17.7. The largest absolute Gasteiger partial charge is 0.340 e. The van der Waals surface area contributed by atoms with Gasteiger partial charge in [0.1, 0.15) is 0 Å². The molecular weight excluding hydrogens is 404 g/mol. The van der Waals surface area contributed by atoms with Crippen molar-refractivity contribution in [3.8, 4) is 0 Å². The number of imide groups is 1. The summed E-state index contributed by atoms with van der Waals surface area (Å²) in [6.07, 6.45) is -0.530. The molecule has 3 amide bonds. The fraction of sp³-hybridized carbons (Fsp3) is 0.571. The molecule has 0 aromatic heterocycles. The highest BCUT2D eigenvalue weighted by molar-refractivity contribution is 6.31. The highest BCUT2D eigenvalue weighted by Gasteiger charge is 2.49. The van der Waals surface area contributed by atoms with E-state index in [4.69, 9.17) is 16.6 Å². The van der Waals surface area contributed by atoms with Crippen LogP contribution in [0.5, 0.6) is 0 Å². The smallest absolute Gasteiger partial charge is 0.325 e. The monoisotopic (exact) mass is 432 g/mol. The van der Waals surface area contributed by atoms with Gasteiger partial charge in [-0.05, 0) is 17.5 Å². The van der Waals surface area contributed by atoms with Gasteiger partial charge in [0.15, 0.2) is 18.2 Å². The summed E-state index contributed by atoms with van der Waals surface area (Å²) in [7, 11) is 1.68. The molecule has 0 bridgehead atoms. The summed E-state index contributed by atoms with van der Waals surface area (Å²) < 4.78 is 0. The molecule has 2 fully saturated rings. The Kier molecular flexibility index (Phi) is 5.88. The molecule has 8 nitrogen and oxygen atoms in total. The Morgan fingerprint density at radius 3 is 2.53 bits per heavy atom. The maximum Gasteiger partial charge on any atom is 0.325 e. The average molecular weight is 433 g/mol. The summed E-state index contributed by atoms with van der Waals surface area (Å²) in [5.74, 6) is 1.08. The van der Waals surface area contributed by atoms with Crippen molar-refractivity contribution >= 4 is 29.5 Å². The molecule has 162 valence electrons. The van der Waals surface area contributed by atoms with Gasteiger partial charge in [0.2, 0.25) is 0 Å². The predicted octanol–water partition coefficient (Wildman–Crippen LogP) is 1.66. The maximum atomic E-state index is 12.8. The van der Waals surface area contributed by atoms with E-state index in [1.165, 1.54) is 4.90 Å². The number of fused-ring (bicyclic) bond motifs is 1. The highest BCUT2D eigenvalue weighted by Crippen LogP contribution is 2.29. The van der Waals surface area contributed by atoms with Crippen LogP contribution >= 0.6 is 11.6 Å². The van der Waals surface area contributed by atoms with Gasteiger partial charge in [-0.2, -0.15) is 0 Å². The molecule has 0 spiro atoms. The number of guanidine groups is 1. The van der Waals surface area contributed by atoms with E-state index in [1.807, 2.05) is 29.2 Å². The summed E-state index contributed by atoms with van der Waals surface area (Å²) >= 11 is 6.42. The lowest BCUT2D eigenvalue weighted by atomic mass is 10.1. The van der Waals surface area contributed by atoms with Crippen molar-refractivity contribution in [1.82, 2.24) is 24.9 Å². The summed E-state index contributed by atoms with van der Waals surface area (Å²) in [6.45, 7) is 9.58. The normalized spacial score (nSPS) is 25.0. The predicted molar refractivity (Wildman–Crippen MR) is 116 cm³/mol. The molecule has 4 rings (SSSR count). The van der Waals surface area contributed by atoms with Crippen molar-refractivity contribution in [2.45, 2.75) is 32.6 Å². The van der Waals surface area contributed by atoms with Crippen LogP contribution in [0.15, 0.2) is 29.3 Å². The van der Waals surface area contributed by atoms with E-state index < -0.39 is 18.2 Å². The lowest BCUT2D eigenvalue weighted by molar-refractivity contribution is -0.127. The van der Waals surface area contributed by atoms with Crippen LogP contribution in [0.3, 0.4) is 0 Å². The number of carbonyl (C=O) groups is 2. The van der Waals surface area contributed by atoms with Crippen molar-refractivity contribution in [3.63, 3.8) is 0 Å². The number of likely N-dealkylation sites (N-methyl/N-ethyl adjacent to an activating group) is 1. The molecule has 0 saturated carbocycles. The zero-order valence-corrected chi connectivity index (χ0v) is 18.5. The minimum atomic E-state index is -0.562. The second-order valence-corrected chi connectivity index (χ2v) is 9.00. The van der Waals surface area contributed by atoms with Crippen LogP contribution in [-0.4, -0.2) is 89.5 Å². The zero-order chi connectivity index (χ0) is 21.4. The van der Waals surface area contributed by atoms with Crippen molar-refractivity contribution in [3.05, 3.63) is 34.9 Å². The standard InChI is InChI=1S/C21H29ClN6O2/c1-14(2)12-26-8-10-27(11-9-26)20-23-18-17(19(29)24-21(30)25(18)3)28(20)13-15-6-4-5-7-16(15)22/h4-7,14,17-18H,8-13H2,1-3H3,(H,24,29,30). The molecule has 2 saturated heterocycles. The molecule has 1 aromatic rings. The minimum absolute atomic E-state index is 0.313. The van der Waals surface area contributed by atoms with Gasteiger partial charge in [0, 0.05) is 51.3 Å². The van der Waals surface area contributed by atoms with Crippen molar-refractivity contribution < 1.29 is 9.59 Å². The minimum Gasteiger partial charge on any atom is -0.340 e. The van der Waals surface area contributed by atoms with Gasteiger partial charge < -0.3 is 14.7 Å². The first-order valence-electron chi connectivity index (χ1n) is 10.5. The van der Waals surface area contributed by atoms with E-state index in [2.05, 4.69) is 29.0 Å². The van der Waals surface area contributed by atoms with Crippen LogP contribution < -0.4 is 5.32 Å². The van der Waals surface area contributed by atoms with E-state index >= 15 is 0 Å². The van der Waals surface area contributed by atoms with Crippen molar-refractivity contribution in [1.29, 1.82) is 0 Å². The van der Waals surface area contributed by atoms with Crippen molar-refractivity contribution in [2.24, 2.45) is 10.9 Å². The first-order chi connectivity index (χ1) is 14.3. The van der Waals surface area contributed by atoms with E-state index in [0.29, 0.717) is 17.5 Å². The summed E-state index contributed by atoms with van der Waals surface area (Å²) in [6, 6.07) is 6.67. The van der Waals surface area contributed by atoms with Crippen molar-refractivity contribution in [2.75, 3.05) is 39.8 Å². The number of rotatable bonds is 4. The van der Waals surface area contributed by atoms with Crippen LogP contribution in [0.1, 0.15) is 19.4 Å². The van der Waals surface area contributed by atoms with E-state index in [9.17, 15) is 9.59 Å². The summed E-state index contributed by atoms with van der Waals surface area (Å²) in [4.78, 5) is 38.0. The third-order valence-corrected chi connectivity index (χ3v) is 6.28. The second-order valence-electron chi connectivity index (χ2n) is 8.59. The van der Waals surface area contributed by atoms with Gasteiger partial charge >= 0.3 is 6.03 Å². The number of piperazine rings is 1. The molecule has 1 aromatic carbocycles. The first-order valence-corrected chi connectivity index (χ1v) is 10.9. The fourth-order valence-corrected chi connectivity index (χ4v) is 4.60. The van der Waals surface area contributed by atoms with E-state index in [1.54, 1.807) is 7.05 Å².